The fourth-order valence-electron chi connectivity index (χ4n) is 2.03. The van der Waals surface area contributed by atoms with Crippen LogP contribution in [0.5, 0.6) is 0 Å². The molecule has 0 radical (unpaired) electrons. The molecule has 0 amide bonds. The second kappa shape index (κ2) is 2.48. The van der Waals surface area contributed by atoms with Crippen LogP contribution in [0, 0.1) is 11.3 Å². The van der Waals surface area contributed by atoms with Crippen LogP contribution in [0.15, 0.2) is 10.5 Å². The summed E-state index contributed by atoms with van der Waals surface area (Å²) < 4.78 is 0.961. The van der Waals surface area contributed by atoms with E-state index in [9.17, 15) is 0 Å². The van der Waals surface area contributed by atoms with Crippen LogP contribution in [0.1, 0.15) is 24.2 Å². The van der Waals surface area contributed by atoms with Gasteiger partial charge in [0.1, 0.15) is 11.8 Å². The summed E-state index contributed by atoms with van der Waals surface area (Å²) in [5.74, 6) is 0. The second-order valence-corrected chi connectivity index (χ2v) is 4.81. The van der Waals surface area contributed by atoms with Gasteiger partial charge in [-0.05, 0) is 34.8 Å². The lowest BCUT2D eigenvalue weighted by molar-refractivity contribution is 0.747. The minimum Gasteiger partial charge on any atom is -0.382 e. The quantitative estimate of drug-likeness (QED) is 0.767. The molecule has 1 aliphatic carbocycles. The normalized spacial score (nSPS) is 20.0. The summed E-state index contributed by atoms with van der Waals surface area (Å²) in [5.41, 5.74) is 2.93. The highest BCUT2D eigenvalue weighted by Crippen LogP contribution is 2.54. The topological polar surface area (TPSA) is 48.7 Å². The predicted molar refractivity (Wildman–Crippen MR) is 56.1 cm³/mol. The van der Waals surface area contributed by atoms with E-state index in [2.05, 4.69) is 32.3 Å². The first-order valence-electron chi connectivity index (χ1n) is 4.60. The zero-order valence-electron chi connectivity index (χ0n) is 7.47. The van der Waals surface area contributed by atoms with Crippen LogP contribution in [0.25, 0.3) is 0 Å². The van der Waals surface area contributed by atoms with Gasteiger partial charge in [0.15, 0.2) is 0 Å². The predicted octanol–water partition coefficient (Wildman–Crippen LogP) is 2.17. The van der Waals surface area contributed by atoms with Crippen LogP contribution in [0.3, 0.4) is 0 Å². The fourth-order valence-corrected chi connectivity index (χ4v) is 2.57. The summed E-state index contributed by atoms with van der Waals surface area (Å²) in [7, 11) is 0. The summed E-state index contributed by atoms with van der Waals surface area (Å²) in [4.78, 5) is 4.39. The van der Waals surface area contributed by atoms with Gasteiger partial charge in [-0.25, -0.2) is 4.98 Å². The minimum absolute atomic E-state index is 0.255. The van der Waals surface area contributed by atoms with Crippen molar-refractivity contribution >= 4 is 21.6 Å². The third-order valence-corrected chi connectivity index (χ3v) is 3.67. The van der Waals surface area contributed by atoms with Gasteiger partial charge in [-0.1, -0.05) is 0 Å². The van der Waals surface area contributed by atoms with Crippen LogP contribution in [0.4, 0.5) is 5.69 Å². The molecule has 4 heteroatoms. The monoisotopic (exact) mass is 249 g/mol. The number of rotatable bonds is 0. The van der Waals surface area contributed by atoms with E-state index in [1.165, 1.54) is 12.8 Å². The van der Waals surface area contributed by atoms with E-state index in [1.807, 2.05) is 0 Å². The molecular formula is C10H8BrN3. The van der Waals surface area contributed by atoms with Crippen LogP contribution < -0.4 is 5.32 Å². The molecule has 1 spiro atoms. The summed E-state index contributed by atoms with van der Waals surface area (Å²) in [6, 6.07) is 3.87. The number of fused-ring (bicyclic) bond motifs is 2. The molecule has 70 valence electrons. The van der Waals surface area contributed by atoms with Gasteiger partial charge in [0, 0.05) is 16.4 Å². The first-order chi connectivity index (χ1) is 6.75. The van der Waals surface area contributed by atoms with Gasteiger partial charge in [0.05, 0.1) is 11.4 Å². The zero-order chi connectivity index (χ0) is 9.76. The maximum Gasteiger partial charge on any atom is 0.142 e. The van der Waals surface area contributed by atoms with Gasteiger partial charge in [-0.2, -0.15) is 5.26 Å². The number of nitriles is 1. The molecule has 2 heterocycles. The van der Waals surface area contributed by atoms with E-state index in [1.54, 1.807) is 6.07 Å². The number of hydrogen-bond donors (Lipinski definition) is 1. The van der Waals surface area contributed by atoms with E-state index >= 15 is 0 Å². The molecule has 14 heavy (non-hydrogen) atoms. The van der Waals surface area contributed by atoms with Gasteiger partial charge < -0.3 is 5.32 Å². The standard InChI is InChI=1S/C10H8BrN3/c11-7-3-6(4-12)14-9-8(7)13-5-10(9)1-2-10/h3,13H,1-2,5H2. The molecule has 2 aliphatic rings. The Morgan fingerprint density at radius 1 is 1.57 bits per heavy atom. The number of aromatic nitrogens is 1. The summed E-state index contributed by atoms with van der Waals surface area (Å²) in [6.07, 6.45) is 2.39. The van der Waals surface area contributed by atoms with Crippen molar-refractivity contribution in [3.05, 3.63) is 21.9 Å². The minimum atomic E-state index is 0.255. The molecule has 0 unspecified atom stereocenters. The molecule has 1 N–H and O–H groups in total. The Kier molecular flexibility index (Phi) is 1.46. The first-order valence-corrected chi connectivity index (χ1v) is 5.39. The Morgan fingerprint density at radius 2 is 2.36 bits per heavy atom. The van der Waals surface area contributed by atoms with Crippen molar-refractivity contribution in [1.82, 2.24) is 4.98 Å². The van der Waals surface area contributed by atoms with E-state index in [4.69, 9.17) is 5.26 Å². The SMILES string of the molecule is N#Cc1cc(Br)c2c(n1)C1(CC1)CN2. The molecular weight excluding hydrogens is 242 g/mol. The van der Waals surface area contributed by atoms with Crippen LogP contribution in [-0.2, 0) is 5.41 Å². The van der Waals surface area contributed by atoms with Gasteiger partial charge in [0.2, 0.25) is 0 Å². The highest BCUT2D eigenvalue weighted by atomic mass is 79.9. The number of anilines is 1. The molecule has 3 nitrogen and oxygen atoms in total. The van der Waals surface area contributed by atoms with E-state index in [0.29, 0.717) is 5.69 Å². The van der Waals surface area contributed by atoms with Crippen LogP contribution >= 0.6 is 15.9 Å². The van der Waals surface area contributed by atoms with Crippen molar-refractivity contribution in [2.75, 3.05) is 11.9 Å². The number of pyridine rings is 1. The highest BCUT2D eigenvalue weighted by molar-refractivity contribution is 9.10. The summed E-state index contributed by atoms with van der Waals surface area (Å²) in [6.45, 7) is 0.975. The average molecular weight is 250 g/mol. The van der Waals surface area contributed by atoms with Crippen molar-refractivity contribution in [3.8, 4) is 6.07 Å². The van der Waals surface area contributed by atoms with Gasteiger partial charge in [0.25, 0.3) is 0 Å². The Morgan fingerprint density at radius 3 is 3.00 bits per heavy atom. The Hall–Kier alpha value is -1.08. The smallest absolute Gasteiger partial charge is 0.142 e. The van der Waals surface area contributed by atoms with Crippen molar-refractivity contribution in [2.24, 2.45) is 0 Å². The van der Waals surface area contributed by atoms with E-state index in [-0.39, 0.29) is 5.41 Å². The fraction of sp³-hybridized carbons (Fsp3) is 0.400. The molecule has 0 saturated heterocycles. The lowest BCUT2D eigenvalue weighted by Crippen LogP contribution is -2.09. The van der Waals surface area contributed by atoms with Crippen molar-refractivity contribution in [3.63, 3.8) is 0 Å². The van der Waals surface area contributed by atoms with Crippen molar-refractivity contribution in [1.29, 1.82) is 5.26 Å². The third kappa shape index (κ3) is 0.934. The summed E-state index contributed by atoms with van der Waals surface area (Å²) >= 11 is 3.46. The Bertz CT molecular complexity index is 457. The Labute approximate surface area is 90.3 Å². The first kappa shape index (κ1) is 8.25. The summed E-state index contributed by atoms with van der Waals surface area (Å²) in [5, 5.41) is 12.2. The maximum absolute atomic E-state index is 8.83. The molecule has 1 fully saturated rings. The number of hydrogen-bond acceptors (Lipinski definition) is 3. The molecule has 0 bridgehead atoms. The van der Waals surface area contributed by atoms with Crippen LogP contribution in [-0.4, -0.2) is 11.5 Å². The Balaban J connectivity index is 2.24. The molecule has 1 saturated carbocycles. The highest BCUT2D eigenvalue weighted by Gasteiger charge is 2.51. The van der Waals surface area contributed by atoms with Crippen LogP contribution in [0.2, 0.25) is 0 Å². The zero-order valence-corrected chi connectivity index (χ0v) is 9.06. The molecule has 0 aromatic carbocycles. The third-order valence-electron chi connectivity index (χ3n) is 3.05. The lowest BCUT2D eigenvalue weighted by Gasteiger charge is -2.05. The van der Waals surface area contributed by atoms with Gasteiger partial charge in [-0.15, -0.1) is 0 Å². The van der Waals surface area contributed by atoms with Crippen molar-refractivity contribution < 1.29 is 0 Å². The lowest BCUT2D eigenvalue weighted by atomic mass is 10.0. The van der Waals surface area contributed by atoms with E-state index in [0.717, 1.165) is 22.4 Å². The molecule has 1 aliphatic heterocycles. The molecule has 1 aromatic heterocycles. The number of halogens is 1. The largest absolute Gasteiger partial charge is 0.382 e. The van der Waals surface area contributed by atoms with E-state index < -0.39 is 0 Å². The van der Waals surface area contributed by atoms with Gasteiger partial charge in [-0.3, -0.25) is 0 Å². The number of nitrogens with zero attached hydrogens (tertiary/aromatic N) is 2. The van der Waals surface area contributed by atoms with Gasteiger partial charge >= 0.3 is 0 Å². The molecule has 1 aromatic rings. The second-order valence-electron chi connectivity index (χ2n) is 3.96. The number of nitrogens with one attached hydrogen (secondary N) is 1. The maximum atomic E-state index is 8.83. The molecule has 0 atom stereocenters. The van der Waals surface area contributed by atoms with Crippen molar-refractivity contribution in [2.45, 2.75) is 18.3 Å². The molecule has 3 rings (SSSR count). The average Bonchev–Trinajstić information content (AvgIpc) is 2.86.